The third-order valence-corrected chi connectivity index (χ3v) is 3.35. The Morgan fingerprint density at radius 3 is 2.39 bits per heavy atom. The highest BCUT2D eigenvalue weighted by molar-refractivity contribution is 5.05. The Morgan fingerprint density at radius 1 is 1.06 bits per heavy atom. The van der Waals surface area contributed by atoms with Crippen LogP contribution in [0.4, 0.5) is 0 Å². The first kappa shape index (κ1) is 15.1. The van der Waals surface area contributed by atoms with Crippen LogP contribution in [0.2, 0.25) is 0 Å². The first-order chi connectivity index (χ1) is 8.77. The molecule has 0 amide bonds. The molecule has 0 aliphatic carbocycles. The molecule has 1 aromatic heterocycles. The molecule has 0 saturated heterocycles. The third kappa shape index (κ3) is 5.58. The molecule has 1 rings (SSSR count). The van der Waals surface area contributed by atoms with Crippen LogP contribution in [0, 0.1) is 6.92 Å². The van der Waals surface area contributed by atoms with Gasteiger partial charge in [-0.15, -0.1) is 0 Å². The lowest BCUT2D eigenvalue weighted by Crippen LogP contribution is -2.17. The van der Waals surface area contributed by atoms with Gasteiger partial charge in [0.05, 0.1) is 23.6 Å². The molecule has 3 nitrogen and oxygen atoms in total. The zero-order valence-electron chi connectivity index (χ0n) is 12.1. The Labute approximate surface area is 111 Å². The quantitative estimate of drug-likeness (QED) is 0.676. The van der Waals surface area contributed by atoms with Gasteiger partial charge in [-0.2, -0.15) is 0 Å². The van der Waals surface area contributed by atoms with Gasteiger partial charge < -0.3 is 5.32 Å². The van der Waals surface area contributed by atoms with Crippen LogP contribution in [-0.2, 0) is 0 Å². The molecule has 1 aromatic rings. The second kappa shape index (κ2) is 9.03. The van der Waals surface area contributed by atoms with E-state index in [1.165, 1.54) is 38.5 Å². The molecule has 0 aliphatic rings. The predicted octanol–water partition coefficient (Wildman–Crippen LogP) is 3.80. The van der Waals surface area contributed by atoms with Gasteiger partial charge in [0.25, 0.3) is 0 Å². The number of nitrogens with zero attached hydrogens (tertiary/aromatic N) is 2. The van der Waals surface area contributed by atoms with Gasteiger partial charge in [-0.25, -0.2) is 0 Å². The number of unbranched alkanes of at least 4 members (excludes halogenated alkanes) is 5. The van der Waals surface area contributed by atoms with Crippen LogP contribution in [0.1, 0.15) is 69.3 Å². The lowest BCUT2D eigenvalue weighted by atomic mass is 10.0. The van der Waals surface area contributed by atoms with Crippen molar-refractivity contribution in [3.05, 3.63) is 23.8 Å². The van der Waals surface area contributed by atoms with Crippen LogP contribution in [-0.4, -0.2) is 17.0 Å². The first-order valence-electron chi connectivity index (χ1n) is 7.23. The fourth-order valence-electron chi connectivity index (χ4n) is 2.15. The Bertz CT molecular complexity index is 308. The first-order valence-corrected chi connectivity index (χ1v) is 7.23. The number of nitrogens with one attached hydrogen (secondary N) is 1. The average molecular weight is 249 g/mol. The van der Waals surface area contributed by atoms with E-state index in [1.807, 2.05) is 26.4 Å². The van der Waals surface area contributed by atoms with Crippen molar-refractivity contribution in [3.8, 4) is 0 Å². The Balaban J connectivity index is 2.27. The van der Waals surface area contributed by atoms with E-state index in [-0.39, 0.29) is 0 Å². The van der Waals surface area contributed by atoms with Crippen LogP contribution in [0.15, 0.2) is 12.4 Å². The van der Waals surface area contributed by atoms with E-state index >= 15 is 0 Å². The van der Waals surface area contributed by atoms with Gasteiger partial charge in [0.1, 0.15) is 0 Å². The van der Waals surface area contributed by atoms with Crippen LogP contribution in [0.3, 0.4) is 0 Å². The molecule has 3 heteroatoms. The van der Waals surface area contributed by atoms with E-state index < -0.39 is 0 Å². The van der Waals surface area contributed by atoms with E-state index in [0.29, 0.717) is 6.04 Å². The second-order valence-corrected chi connectivity index (χ2v) is 4.98. The fourth-order valence-corrected chi connectivity index (χ4v) is 2.15. The Hall–Kier alpha value is -0.960. The van der Waals surface area contributed by atoms with Gasteiger partial charge in [0.2, 0.25) is 0 Å². The van der Waals surface area contributed by atoms with Gasteiger partial charge in [-0.1, -0.05) is 45.4 Å². The molecule has 0 bridgehead atoms. The maximum atomic E-state index is 4.45. The summed E-state index contributed by atoms with van der Waals surface area (Å²) in [5.74, 6) is 0. The highest BCUT2D eigenvalue weighted by Gasteiger charge is 2.10. The summed E-state index contributed by atoms with van der Waals surface area (Å²) in [5, 5.41) is 3.34. The number of aryl methyl sites for hydroxylation is 1. The second-order valence-electron chi connectivity index (χ2n) is 4.98. The molecule has 0 spiro atoms. The van der Waals surface area contributed by atoms with Crippen molar-refractivity contribution in [1.82, 2.24) is 15.3 Å². The summed E-state index contributed by atoms with van der Waals surface area (Å²) in [5.41, 5.74) is 2.05. The minimum absolute atomic E-state index is 0.351. The third-order valence-electron chi connectivity index (χ3n) is 3.35. The van der Waals surface area contributed by atoms with Gasteiger partial charge in [0.15, 0.2) is 0 Å². The summed E-state index contributed by atoms with van der Waals surface area (Å²) in [7, 11) is 2.00. The van der Waals surface area contributed by atoms with E-state index in [2.05, 4.69) is 22.2 Å². The summed E-state index contributed by atoms with van der Waals surface area (Å²) < 4.78 is 0. The van der Waals surface area contributed by atoms with Crippen molar-refractivity contribution >= 4 is 0 Å². The van der Waals surface area contributed by atoms with Crippen molar-refractivity contribution in [1.29, 1.82) is 0 Å². The minimum Gasteiger partial charge on any atom is -0.312 e. The molecule has 18 heavy (non-hydrogen) atoms. The van der Waals surface area contributed by atoms with Crippen LogP contribution < -0.4 is 5.32 Å². The number of hydrogen-bond donors (Lipinski definition) is 1. The summed E-state index contributed by atoms with van der Waals surface area (Å²) in [4.78, 5) is 8.77. The van der Waals surface area contributed by atoms with E-state index in [0.717, 1.165) is 17.8 Å². The fraction of sp³-hybridized carbons (Fsp3) is 0.733. The van der Waals surface area contributed by atoms with Crippen molar-refractivity contribution in [2.75, 3.05) is 7.05 Å². The molecule has 0 aromatic carbocycles. The SMILES string of the molecule is CCCCCCCCC(NC)c1cnc(C)cn1. The smallest absolute Gasteiger partial charge is 0.0756 e. The van der Waals surface area contributed by atoms with Crippen molar-refractivity contribution in [2.45, 2.75) is 64.8 Å². The molecule has 0 fully saturated rings. The maximum absolute atomic E-state index is 4.45. The number of aromatic nitrogens is 2. The number of rotatable bonds is 9. The molecule has 0 saturated carbocycles. The van der Waals surface area contributed by atoms with Gasteiger partial charge >= 0.3 is 0 Å². The van der Waals surface area contributed by atoms with E-state index in [4.69, 9.17) is 0 Å². The Morgan fingerprint density at radius 2 is 1.78 bits per heavy atom. The van der Waals surface area contributed by atoms with Gasteiger partial charge in [-0.05, 0) is 20.4 Å². The molecule has 102 valence electrons. The zero-order chi connectivity index (χ0) is 13.2. The molecule has 0 aliphatic heterocycles. The van der Waals surface area contributed by atoms with Gasteiger partial charge in [-0.3, -0.25) is 9.97 Å². The van der Waals surface area contributed by atoms with E-state index in [9.17, 15) is 0 Å². The average Bonchev–Trinajstić information content (AvgIpc) is 2.39. The standard InChI is InChI=1S/C15H27N3/c1-4-5-6-7-8-9-10-14(16-3)15-12-17-13(2)11-18-15/h11-12,14,16H,4-10H2,1-3H3. The lowest BCUT2D eigenvalue weighted by molar-refractivity contribution is 0.488. The summed E-state index contributed by atoms with van der Waals surface area (Å²) in [6.07, 6.45) is 12.9. The molecule has 1 atom stereocenters. The van der Waals surface area contributed by atoms with Crippen molar-refractivity contribution in [3.63, 3.8) is 0 Å². The summed E-state index contributed by atoms with van der Waals surface area (Å²) >= 11 is 0. The molecule has 1 unspecified atom stereocenters. The molecular weight excluding hydrogens is 222 g/mol. The molecule has 1 heterocycles. The molecular formula is C15H27N3. The van der Waals surface area contributed by atoms with Gasteiger partial charge in [0, 0.05) is 6.20 Å². The van der Waals surface area contributed by atoms with Crippen molar-refractivity contribution < 1.29 is 0 Å². The van der Waals surface area contributed by atoms with Crippen LogP contribution in [0.5, 0.6) is 0 Å². The molecule has 1 N–H and O–H groups in total. The van der Waals surface area contributed by atoms with Crippen LogP contribution in [0.25, 0.3) is 0 Å². The Kier molecular flexibility index (Phi) is 7.58. The van der Waals surface area contributed by atoms with Crippen molar-refractivity contribution in [2.24, 2.45) is 0 Å². The highest BCUT2D eigenvalue weighted by atomic mass is 14.9. The molecule has 0 radical (unpaired) electrons. The van der Waals surface area contributed by atoms with E-state index in [1.54, 1.807) is 0 Å². The monoisotopic (exact) mass is 249 g/mol. The largest absolute Gasteiger partial charge is 0.312 e. The predicted molar refractivity (Wildman–Crippen MR) is 76.6 cm³/mol. The normalized spacial score (nSPS) is 12.6. The lowest BCUT2D eigenvalue weighted by Gasteiger charge is -2.15. The minimum atomic E-state index is 0.351. The topological polar surface area (TPSA) is 37.8 Å². The summed E-state index contributed by atoms with van der Waals surface area (Å²) in [6.45, 7) is 4.23. The van der Waals surface area contributed by atoms with Crippen LogP contribution >= 0.6 is 0 Å². The number of hydrogen-bond acceptors (Lipinski definition) is 3. The highest BCUT2D eigenvalue weighted by Crippen LogP contribution is 2.17. The summed E-state index contributed by atoms with van der Waals surface area (Å²) in [6, 6.07) is 0.351. The zero-order valence-corrected chi connectivity index (χ0v) is 12.1. The maximum Gasteiger partial charge on any atom is 0.0756 e.